The van der Waals surface area contributed by atoms with Gasteiger partial charge in [0.05, 0.1) is 0 Å². The van der Waals surface area contributed by atoms with Crippen LogP contribution < -0.4 is 5.32 Å². The van der Waals surface area contributed by atoms with Crippen LogP contribution in [0.5, 0.6) is 0 Å². The van der Waals surface area contributed by atoms with Gasteiger partial charge in [-0.2, -0.15) is 0 Å². The van der Waals surface area contributed by atoms with Crippen LogP contribution in [0.25, 0.3) is 0 Å². The van der Waals surface area contributed by atoms with Crippen LogP contribution in [0.3, 0.4) is 0 Å². The van der Waals surface area contributed by atoms with Crippen LogP contribution in [0.2, 0.25) is 0 Å². The summed E-state index contributed by atoms with van der Waals surface area (Å²) >= 11 is 0. The molecule has 90 valence electrons. The molecule has 0 aromatic rings. The predicted octanol–water partition coefficient (Wildman–Crippen LogP) is 2.83. The Morgan fingerprint density at radius 2 is 2.20 bits per heavy atom. The van der Waals surface area contributed by atoms with E-state index in [0.29, 0.717) is 6.04 Å². The van der Waals surface area contributed by atoms with Gasteiger partial charge in [0.25, 0.3) is 0 Å². The third-order valence-corrected chi connectivity index (χ3v) is 3.65. The minimum Gasteiger partial charge on any atom is -0.385 e. The summed E-state index contributed by atoms with van der Waals surface area (Å²) in [6.45, 7) is 6.57. The summed E-state index contributed by atoms with van der Waals surface area (Å²) < 4.78 is 5.20. The van der Waals surface area contributed by atoms with E-state index in [1.807, 2.05) is 0 Å². The molecular formula is C13H27NO. The number of ether oxygens (including phenoxy) is 1. The molecule has 1 N–H and O–H groups in total. The topological polar surface area (TPSA) is 21.3 Å². The smallest absolute Gasteiger partial charge is 0.0477 e. The maximum atomic E-state index is 5.20. The third-order valence-electron chi connectivity index (χ3n) is 3.65. The highest BCUT2D eigenvalue weighted by molar-refractivity contribution is 4.81. The van der Waals surface area contributed by atoms with Crippen molar-refractivity contribution in [3.63, 3.8) is 0 Å². The summed E-state index contributed by atoms with van der Waals surface area (Å²) in [7, 11) is 1.80. The van der Waals surface area contributed by atoms with E-state index in [-0.39, 0.29) is 0 Å². The maximum absolute atomic E-state index is 5.20. The van der Waals surface area contributed by atoms with Gasteiger partial charge in [-0.3, -0.25) is 0 Å². The molecule has 15 heavy (non-hydrogen) atoms. The standard InChI is InChI=1S/C13H27NO/c1-4-14-13(8-9-15-3)12-7-5-6-11(2)10-12/h11-14H,4-10H2,1-3H3. The van der Waals surface area contributed by atoms with Gasteiger partial charge in [0.15, 0.2) is 0 Å². The number of nitrogens with one attached hydrogen (secondary N) is 1. The second kappa shape index (κ2) is 7.24. The highest BCUT2D eigenvalue weighted by atomic mass is 16.5. The number of rotatable bonds is 6. The van der Waals surface area contributed by atoms with Gasteiger partial charge >= 0.3 is 0 Å². The first-order chi connectivity index (χ1) is 7.27. The lowest BCUT2D eigenvalue weighted by Gasteiger charge is -2.33. The first-order valence-electron chi connectivity index (χ1n) is 6.50. The fourth-order valence-electron chi connectivity index (χ4n) is 2.86. The molecule has 1 fully saturated rings. The Morgan fingerprint density at radius 3 is 2.80 bits per heavy atom. The Kier molecular flexibility index (Phi) is 6.26. The fraction of sp³-hybridized carbons (Fsp3) is 1.00. The van der Waals surface area contributed by atoms with Crippen molar-refractivity contribution in [3.8, 4) is 0 Å². The molecule has 0 aromatic carbocycles. The van der Waals surface area contributed by atoms with Crippen molar-refractivity contribution in [2.75, 3.05) is 20.3 Å². The molecule has 0 heterocycles. The minimum absolute atomic E-state index is 0.678. The normalized spacial score (nSPS) is 29.0. The second-order valence-electron chi connectivity index (χ2n) is 4.98. The van der Waals surface area contributed by atoms with Crippen molar-refractivity contribution < 1.29 is 4.74 Å². The van der Waals surface area contributed by atoms with Crippen LogP contribution in [0.1, 0.15) is 46.0 Å². The predicted molar refractivity (Wildman–Crippen MR) is 65.1 cm³/mol. The molecule has 1 rings (SSSR count). The molecule has 1 saturated carbocycles. The first kappa shape index (κ1) is 13.0. The van der Waals surface area contributed by atoms with Gasteiger partial charge in [0.2, 0.25) is 0 Å². The van der Waals surface area contributed by atoms with Crippen LogP contribution >= 0.6 is 0 Å². The van der Waals surface area contributed by atoms with Crippen molar-refractivity contribution in [2.45, 2.75) is 52.0 Å². The van der Waals surface area contributed by atoms with Gasteiger partial charge < -0.3 is 10.1 Å². The highest BCUT2D eigenvalue weighted by Crippen LogP contribution is 2.31. The molecule has 2 nitrogen and oxygen atoms in total. The van der Waals surface area contributed by atoms with Crippen LogP contribution in [0.4, 0.5) is 0 Å². The van der Waals surface area contributed by atoms with Gasteiger partial charge in [-0.1, -0.05) is 26.7 Å². The summed E-state index contributed by atoms with van der Waals surface area (Å²) in [6, 6.07) is 0.678. The SMILES string of the molecule is CCNC(CCOC)C1CCCC(C)C1. The Bertz CT molecular complexity index is 161. The summed E-state index contributed by atoms with van der Waals surface area (Å²) in [5.74, 6) is 1.80. The Balaban J connectivity index is 2.38. The minimum atomic E-state index is 0.678. The highest BCUT2D eigenvalue weighted by Gasteiger charge is 2.25. The molecule has 1 aliphatic carbocycles. The zero-order valence-corrected chi connectivity index (χ0v) is 10.6. The fourth-order valence-corrected chi connectivity index (χ4v) is 2.86. The lowest BCUT2D eigenvalue weighted by Crippen LogP contribution is -2.39. The largest absolute Gasteiger partial charge is 0.385 e. The van der Waals surface area contributed by atoms with Crippen LogP contribution in [0.15, 0.2) is 0 Å². The van der Waals surface area contributed by atoms with Crippen LogP contribution in [-0.2, 0) is 4.74 Å². The van der Waals surface area contributed by atoms with Crippen molar-refractivity contribution in [1.29, 1.82) is 0 Å². The van der Waals surface area contributed by atoms with Crippen LogP contribution in [-0.4, -0.2) is 26.3 Å². The average Bonchev–Trinajstić information content (AvgIpc) is 2.24. The lowest BCUT2D eigenvalue weighted by atomic mass is 9.78. The van der Waals surface area contributed by atoms with E-state index in [9.17, 15) is 0 Å². The average molecular weight is 213 g/mol. The molecule has 0 radical (unpaired) electrons. The summed E-state index contributed by atoms with van der Waals surface area (Å²) in [5, 5.41) is 3.63. The maximum Gasteiger partial charge on any atom is 0.0477 e. The Morgan fingerprint density at radius 1 is 1.40 bits per heavy atom. The van der Waals surface area contributed by atoms with Gasteiger partial charge in [0.1, 0.15) is 0 Å². The summed E-state index contributed by atoms with van der Waals surface area (Å²) in [4.78, 5) is 0. The zero-order valence-electron chi connectivity index (χ0n) is 10.6. The van der Waals surface area contributed by atoms with E-state index >= 15 is 0 Å². The van der Waals surface area contributed by atoms with E-state index in [1.165, 1.54) is 32.1 Å². The van der Waals surface area contributed by atoms with E-state index in [2.05, 4.69) is 19.2 Å². The number of hydrogen-bond acceptors (Lipinski definition) is 2. The Labute approximate surface area is 94.8 Å². The summed E-state index contributed by atoms with van der Waals surface area (Å²) in [6.07, 6.45) is 6.83. The van der Waals surface area contributed by atoms with Gasteiger partial charge in [0, 0.05) is 19.8 Å². The molecule has 0 aliphatic heterocycles. The van der Waals surface area contributed by atoms with Gasteiger partial charge in [-0.15, -0.1) is 0 Å². The monoisotopic (exact) mass is 213 g/mol. The Hall–Kier alpha value is -0.0800. The van der Waals surface area contributed by atoms with Gasteiger partial charge in [-0.05, 0) is 37.6 Å². The molecule has 0 aromatic heterocycles. The first-order valence-corrected chi connectivity index (χ1v) is 6.50. The summed E-state index contributed by atoms with van der Waals surface area (Å²) in [5.41, 5.74) is 0. The zero-order chi connectivity index (χ0) is 11.1. The van der Waals surface area contributed by atoms with E-state index in [4.69, 9.17) is 4.74 Å². The second-order valence-corrected chi connectivity index (χ2v) is 4.98. The number of methoxy groups -OCH3 is 1. The van der Waals surface area contributed by atoms with Crippen molar-refractivity contribution in [3.05, 3.63) is 0 Å². The van der Waals surface area contributed by atoms with E-state index in [1.54, 1.807) is 7.11 Å². The van der Waals surface area contributed by atoms with Crippen LogP contribution in [0, 0.1) is 11.8 Å². The van der Waals surface area contributed by atoms with Crippen molar-refractivity contribution >= 4 is 0 Å². The molecule has 0 bridgehead atoms. The third kappa shape index (κ3) is 4.52. The van der Waals surface area contributed by atoms with Gasteiger partial charge in [-0.25, -0.2) is 0 Å². The molecule has 3 unspecified atom stereocenters. The molecule has 0 saturated heterocycles. The van der Waals surface area contributed by atoms with E-state index < -0.39 is 0 Å². The molecule has 2 heteroatoms. The lowest BCUT2D eigenvalue weighted by molar-refractivity contribution is 0.151. The molecular weight excluding hydrogens is 186 g/mol. The quantitative estimate of drug-likeness (QED) is 0.732. The van der Waals surface area contributed by atoms with Crippen molar-refractivity contribution in [1.82, 2.24) is 5.32 Å². The van der Waals surface area contributed by atoms with E-state index in [0.717, 1.165) is 25.0 Å². The number of hydrogen-bond donors (Lipinski definition) is 1. The van der Waals surface area contributed by atoms with Crippen molar-refractivity contribution in [2.24, 2.45) is 11.8 Å². The molecule has 3 atom stereocenters. The molecule has 0 spiro atoms. The molecule has 1 aliphatic rings. The molecule has 0 amide bonds.